The standard InChI is InChI=1S/C13H16N2O2/c1-3-13(2)12(16)11(15)9-6-8(7-14)4-5-10(9)17-13/h4-6,11-12,16H,3,15H2,1-2H3. The molecule has 2 rings (SSSR count). The normalized spacial score (nSPS) is 31.2. The number of aliphatic hydroxyl groups is 1. The molecule has 0 radical (unpaired) electrons. The van der Waals surface area contributed by atoms with Gasteiger partial charge in [-0.2, -0.15) is 5.26 Å². The summed E-state index contributed by atoms with van der Waals surface area (Å²) in [4.78, 5) is 0. The van der Waals surface area contributed by atoms with Crippen molar-refractivity contribution in [2.24, 2.45) is 5.73 Å². The molecule has 0 bridgehead atoms. The zero-order valence-electron chi connectivity index (χ0n) is 9.97. The van der Waals surface area contributed by atoms with Crippen LogP contribution in [0.4, 0.5) is 0 Å². The van der Waals surface area contributed by atoms with Crippen molar-refractivity contribution in [2.45, 2.75) is 38.0 Å². The van der Waals surface area contributed by atoms with Gasteiger partial charge < -0.3 is 15.6 Å². The summed E-state index contributed by atoms with van der Waals surface area (Å²) in [6.07, 6.45) is -0.102. The third-order valence-electron chi connectivity index (χ3n) is 3.51. The Hall–Kier alpha value is -1.57. The number of nitriles is 1. The topological polar surface area (TPSA) is 79.3 Å². The van der Waals surface area contributed by atoms with E-state index in [2.05, 4.69) is 6.07 Å². The molecule has 0 saturated heterocycles. The smallest absolute Gasteiger partial charge is 0.134 e. The van der Waals surface area contributed by atoms with Crippen molar-refractivity contribution in [2.75, 3.05) is 0 Å². The molecule has 0 fully saturated rings. The number of rotatable bonds is 1. The van der Waals surface area contributed by atoms with Crippen molar-refractivity contribution in [3.05, 3.63) is 29.3 Å². The lowest BCUT2D eigenvalue weighted by atomic mass is 9.84. The Morgan fingerprint density at radius 2 is 2.29 bits per heavy atom. The zero-order chi connectivity index (χ0) is 12.6. The lowest BCUT2D eigenvalue weighted by Gasteiger charge is -2.42. The quantitative estimate of drug-likeness (QED) is 0.768. The summed E-state index contributed by atoms with van der Waals surface area (Å²) in [6, 6.07) is 6.65. The fourth-order valence-electron chi connectivity index (χ4n) is 2.11. The van der Waals surface area contributed by atoms with Crippen molar-refractivity contribution in [3.8, 4) is 11.8 Å². The zero-order valence-corrected chi connectivity index (χ0v) is 9.97. The van der Waals surface area contributed by atoms with Crippen LogP contribution in [0.2, 0.25) is 0 Å². The molecule has 90 valence electrons. The van der Waals surface area contributed by atoms with Gasteiger partial charge in [-0.05, 0) is 31.5 Å². The van der Waals surface area contributed by atoms with Crippen LogP contribution >= 0.6 is 0 Å². The van der Waals surface area contributed by atoms with Gasteiger partial charge in [0.05, 0.1) is 17.7 Å². The first-order valence-electron chi connectivity index (χ1n) is 5.68. The number of aliphatic hydroxyl groups excluding tert-OH is 1. The molecule has 1 aliphatic rings. The Labute approximate surface area is 101 Å². The van der Waals surface area contributed by atoms with Crippen LogP contribution in [0.1, 0.15) is 37.4 Å². The number of nitrogens with zero attached hydrogens (tertiary/aromatic N) is 1. The minimum Gasteiger partial charge on any atom is -0.484 e. The number of nitrogens with two attached hydrogens (primary N) is 1. The molecule has 3 unspecified atom stereocenters. The van der Waals surface area contributed by atoms with E-state index in [0.29, 0.717) is 23.3 Å². The molecule has 4 nitrogen and oxygen atoms in total. The van der Waals surface area contributed by atoms with Crippen LogP contribution in [0, 0.1) is 11.3 Å². The average molecular weight is 232 g/mol. The Kier molecular flexibility index (Phi) is 2.82. The first-order valence-corrected chi connectivity index (χ1v) is 5.68. The molecule has 0 spiro atoms. The summed E-state index contributed by atoms with van der Waals surface area (Å²) in [6.45, 7) is 3.79. The molecular formula is C13H16N2O2. The molecule has 1 aliphatic heterocycles. The first kappa shape index (κ1) is 11.9. The van der Waals surface area contributed by atoms with Gasteiger partial charge in [0.2, 0.25) is 0 Å². The highest BCUT2D eigenvalue weighted by Gasteiger charge is 2.43. The lowest BCUT2D eigenvalue weighted by Crippen LogP contribution is -2.52. The number of benzene rings is 1. The van der Waals surface area contributed by atoms with Gasteiger partial charge in [0.1, 0.15) is 17.5 Å². The van der Waals surface area contributed by atoms with Crippen molar-refractivity contribution >= 4 is 0 Å². The van der Waals surface area contributed by atoms with E-state index in [9.17, 15) is 5.11 Å². The maximum atomic E-state index is 10.2. The first-order chi connectivity index (χ1) is 8.01. The van der Waals surface area contributed by atoms with Crippen LogP contribution in [0.5, 0.6) is 5.75 Å². The van der Waals surface area contributed by atoms with E-state index in [1.165, 1.54) is 0 Å². The molecule has 0 amide bonds. The van der Waals surface area contributed by atoms with Crippen molar-refractivity contribution in [3.63, 3.8) is 0 Å². The molecular weight excluding hydrogens is 216 g/mol. The van der Waals surface area contributed by atoms with E-state index in [0.717, 1.165) is 0 Å². The van der Waals surface area contributed by atoms with Crippen LogP contribution in [-0.4, -0.2) is 16.8 Å². The minimum atomic E-state index is -0.769. The minimum absolute atomic E-state index is 0.517. The number of hydrogen-bond donors (Lipinski definition) is 2. The maximum Gasteiger partial charge on any atom is 0.134 e. The molecule has 0 saturated carbocycles. The molecule has 0 aromatic heterocycles. The SMILES string of the molecule is CCC1(C)Oc2ccc(C#N)cc2C(N)C1O. The van der Waals surface area contributed by atoms with Crippen molar-refractivity contribution in [1.82, 2.24) is 0 Å². The van der Waals surface area contributed by atoms with E-state index in [-0.39, 0.29) is 0 Å². The van der Waals surface area contributed by atoms with E-state index in [1.807, 2.05) is 13.8 Å². The monoisotopic (exact) mass is 232 g/mol. The van der Waals surface area contributed by atoms with Crippen LogP contribution < -0.4 is 10.5 Å². The highest BCUT2D eigenvalue weighted by molar-refractivity contribution is 5.46. The number of fused-ring (bicyclic) bond motifs is 1. The van der Waals surface area contributed by atoms with E-state index in [4.69, 9.17) is 15.7 Å². The second-order valence-corrected chi connectivity index (χ2v) is 4.60. The molecule has 0 aliphatic carbocycles. The van der Waals surface area contributed by atoms with Crippen molar-refractivity contribution in [1.29, 1.82) is 5.26 Å². The van der Waals surface area contributed by atoms with Gasteiger partial charge in [0, 0.05) is 5.56 Å². The van der Waals surface area contributed by atoms with Gasteiger partial charge in [-0.3, -0.25) is 0 Å². The fourth-order valence-corrected chi connectivity index (χ4v) is 2.11. The summed E-state index contributed by atoms with van der Waals surface area (Å²) in [5.74, 6) is 0.658. The Balaban J connectivity index is 2.50. The predicted octanol–water partition coefficient (Wildman–Crippen LogP) is 1.48. The third-order valence-corrected chi connectivity index (χ3v) is 3.51. The summed E-state index contributed by atoms with van der Waals surface area (Å²) >= 11 is 0. The Morgan fingerprint density at radius 3 is 2.88 bits per heavy atom. The summed E-state index contributed by atoms with van der Waals surface area (Å²) in [7, 11) is 0. The molecule has 1 aromatic rings. The van der Waals surface area contributed by atoms with Crippen molar-refractivity contribution < 1.29 is 9.84 Å². The third kappa shape index (κ3) is 1.78. The lowest BCUT2D eigenvalue weighted by molar-refractivity contribution is -0.0714. The summed E-state index contributed by atoms with van der Waals surface area (Å²) in [5.41, 5.74) is 6.58. The molecule has 3 atom stereocenters. The fraction of sp³-hybridized carbons (Fsp3) is 0.462. The molecule has 3 N–H and O–H groups in total. The largest absolute Gasteiger partial charge is 0.484 e. The Morgan fingerprint density at radius 1 is 1.59 bits per heavy atom. The predicted molar refractivity (Wildman–Crippen MR) is 63.4 cm³/mol. The maximum absolute atomic E-state index is 10.2. The van der Waals surface area contributed by atoms with E-state index in [1.54, 1.807) is 18.2 Å². The van der Waals surface area contributed by atoms with Gasteiger partial charge in [-0.1, -0.05) is 6.92 Å². The Bertz CT molecular complexity index is 481. The van der Waals surface area contributed by atoms with E-state index < -0.39 is 17.7 Å². The summed E-state index contributed by atoms with van der Waals surface area (Å²) in [5, 5.41) is 19.0. The highest BCUT2D eigenvalue weighted by atomic mass is 16.5. The van der Waals surface area contributed by atoms with Crippen LogP contribution in [0.25, 0.3) is 0 Å². The second-order valence-electron chi connectivity index (χ2n) is 4.60. The average Bonchev–Trinajstić information content (AvgIpc) is 2.36. The molecule has 1 aromatic carbocycles. The van der Waals surface area contributed by atoms with Gasteiger partial charge in [0.15, 0.2) is 0 Å². The molecule has 4 heteroatoms. The highest BCUT2D eigenvalue weighted by Crippen LogP contribution is 2.40. The summed E-state index contributed by atoms with van der Waals surface area (Å²) < 4.78 is 5.81. The van der Waals surface area contributed by atoms with Gasteiger partial charge in [-0.25, -0.2) is 0 Å². The van der Waals surface area contributed by atoms with Crippen LogP contribution in [0.15, 0.2) is 18.2 Å². The number of ether oxygens (including phenoxy) is 1. The van der Waals surface area contributed by atoms with Crippen LogP contribution in [0.3, 0.4) is 0 Å². The molecule has 1 heterocycles. The van der Waals surface area contributed by atoms with E-state index >= 15 is 0 Å². The number of hydrogen-bond acceptors (Lipinski definition) is 4. The van der Waals surface area contributed by atoms with Gasteiger partial charge in [-0.15, -0.1) is 0 Å². The van der Waals surface area contributed by atoms with Crippen LogP contribution in [-0.2, 0) is 0 Å². The van der Waals surface area contributed by atoms with Gasteiger partial charge >= 0.3 is 0 Å². The molecule has 17 heavy (non-hydrogen) atoms. The second kappa shape index (κ2) is 4.02. The van der Waals surface area contributed by atoms with Gasteiger partial charge in [0.25, 0.3) is 0 Å².